The lowest BCUT2D eigenvalue weighted by molar-refractivity contribution is -0.142. The van der Waals surface area contributed by atoms with Gasteiger partial charge in [-0.1, -0.05) is 44.2 Å². The van der Waals surface area contributed by atoms with E-state index in [1.165, 1.54) is 0 Å². The smallest absolute Gasteiger partial charge is 0.243 e. The third-order valence-electron chi connectivity index (χ3n) is 6.08. The van der Waals surface area contributed by atoms with Gasteiger partial charge in [-0.2, -0.15) is 0 Å². The van der Waals surface area contributed by atoms with Crippen LogP contribution in [0.2, 0.25) is 0 Å². The van der Waals surface area contributed by atoms with E-state index in [0.717, 1.165) is 28.9 Å². The molecule has 2 aliphatic heterocycles. The van der Waals surface area contributed by atoms with E-state index in [1.54, 1.807) is 4.90 Å². The van der Waals surface area contributed by atoms with Crippen molar-refractivity contribution < 1.29 is 19.1 Å². The van der Waals surface area contributed by atoms with Crippen molar-refractivity contribution in [1.82, 2.24) is 10.2 Å². The molecular weight excluding hydrogens is 404 g/mol. The van der Waals surface area contributed by atoms with Gasteiger partial charge in [0.1, 0.15) is 6.04 Å². The molecular formula is C26H32N2O4. The largest absolute Gasteiger partial charge is 0.490 e. The number of nitrogens with one attached hydrogen (secondary N) is 1. The van der Waals surface area contributed by atoms with Crippen molar-refractivity contribution in [2.75, 3.05) is 13.2 Å². The Hall–Kier alpha value is -3.02. The summed E-state index contributed by atoms with van der Waals surface area (Å²) >= 11 is 0. The SMILES string of the molecule is CC(C)CC(=O)N1Cc2ccccc2CC1C(=O)NC(C)c1ccc2c(c1)OCCCO2. The molecule has 2 amide bonds. The second-order valence-electron chi connectivity index (χ2n) is 9.10. The van der Waals surface area contributed by atoms with Gasteiger partial charge < -0.3 is 19.7 Å². The van der Waals surface area contributed by atoms with E-state index in [9.17, 15) is 9.59 Å². The molecule has 2 heterocycles. The van der Waals surface area contributed by atoms with Gasteiger partial charge in [0.15, 0.2) is 11.5 Å². The number of benzene rings is 2. The Labute approximate surface area is 189 Å². The van der Waals surface area contributed by atoms with E-state index in [4.69, 9.17) is 9.47 Å². The topological polar surface area (TPSA) is 67.9 Å². The number of amides is 2. The number of nitrogens with zero attached hydrogens (tertiary/aromatic N) is 1. The number of fused-ring (bicyclic) bond motifs is 2. The zero-order valence-corrected chi connectivity index (χ0v) is 19.1. The molecule has 170 valence electrons. The van der Waals surface area contributed by atoms with Gasteiger partial charge in [0.2, 0.25) is 11.8 Å². The van der Waals surface area contributed by atoms with Crippen molar-refractivity contribution in [2.24, 2.45) is 5.92 Å². The highest BCUT2D eigenvalue weighted by atomic mass is 16.5. The number of hydrogen-bond donors (Lipinski definition) is 1. The van der Waals surface area contributed by atoms with Gasteiger partial charge >= 0.3 is 0 Å². The summed E-state index contributed by atoms with van der Waals surface area (Å²) in [5.74, 6) is 1.58. The molecule has 0 spiro atoms. The molecule has 0 saturated heterocycles. The van der Waals surface area contributed by atoms with E-state index in [2.05, 4.69) is 5.32 Å². The van der Waals surface area contributed by atoms with Crippen LogP contribution in [0.1, 0.15) is 56.3 Å². The molecule has 32 heavy (non-hydrogen) atoms. The number of hydrogen-bond acceptors (Lipinski definition) is 4. The molecule has 4 rings (SSSR count). The molecule has 1 N–H and O–H groups in total. The molecule has 0 radical (unpaired) electrons. The molecule has 6 heteroatoms. The van der Waals surface area contributed by atoms with Crippen LogP contribution in [-0.2, 0) is 22.6 Å². The van der Waals surface area contributed by atoms with Crippen LogP contribution < -0.4 is 14.8 Å². The summed E-state index contributed by atoms with van der Waals surface area (Å²) in [6, 6.07) is 13.1. The Bertz CT molecular complexity index is 988. The zero-order chi connectivity index (χ0) is 22.7. The van der Waals surface area contributed by atoms with Crippen LogP contribution >= 0.6 is 0 Å². The second-order valence-corrected chi connectivity index (χ2v) is 9.10. The minimum absolute atomic E-state index is 0.0258. The first-order valence-corrected chi connectivity index (χ1v) is 11.5. The van der Waals surface area contributed by atoms with Crippen molar-refractivity contribution in [3.63, 3.8) is 0 Å². The summed E-state index contributed by atoms with van der Waals surface area (Å²) in [5, 5.41) is 3.13. The third kappa shape index (κ3) is 4.90. The van der Waals surface area contributed by atoms with E-state index in [-0.39, 0.29) is 23.8 Å². The quantitative estimate of drug-likeness (QED) is 0.769. The van der Waals surface area contributed by atoms with Gasteiger partial charge in [0.25, 0.3) is 0 Å². The first kappa shape index (κ1) is 22.2. The Morgan fingerprint density at radius 3 is 2.50 bits per heavy atom. The van der Waals surface area contributed by atoms with Crippen molar-refractivity contribution in [3.8, 4) is 11.5 Å². The normalized spacial score (nSPS) is 18.5. The van der Waals surface area contributed by atoms with E-state index in [0.29, 0.717) is 38.3 Å². The minimum atomic E-state index is -0.515. The fraction of sp³-hybridized carbons (Fsp3) is 0.462. The number of carbonyl (C=O) groups is 2. The fourth-order valence-electron chi connectivity index (χ4n) is 4.33. The Morgan fingerprint density at radius 2 is 1.75 bits per heavy atom. The second kappa shape index (κ2) is 9.63. The molecule has 6 nitrogen and oxygen atoms in total. The van der Waals surface area contributed by atoms with Crippen molar-refractivity contribution in [2.45, 2.75) is 58.7 Å². The van der Waals surface area contributed by atoms with Gasteiger partial charge in [0, 0.05) is 25.8 Å². The van der Waals surface area contributed by atoms with Crippen LogP contribution in [0, 0.1) is 5.92 Å². The average Bonchev–Trinajstić information content (AvgIpc) is 3.02. The number of rotatable bonds is 5. The van der Waals surface area contributed by atoms with Crippen molar-refractivity contribution in [3.05, 3.63) is 59.2 Å². The standard InChI is InChI=1S/C26H32N2O4/c1-17(2)13-25(29)28-16-21-8-5-4-7-20(21)14-22(28)26(30)27-18(3)19-9-10-23-24(15-19)32-12-6-11-31-23/h4-5,7-10,15,17-18,22H,6,11-14,16H2,1-3H3,(H,27,30). The van der Waals surface area contributed by atoms with Gasteiger partial charge in [-0.05, 0) is 41.7 Å². The van der Waals surface area contributed by atoms with E-state index >= 15 is 0 Å². The first-order chi connectivity index (χ1) is 15.4. The van der Waals surface area contributed by atoms with Gasteiger partial charge in [-0.3, -0.25) is 9.59 Å². The predicted octanol–water partition coefficient (Wildman–Crippen LogP) is 4.02. The molecule has 2 aromatic carbocycles. The van der Waals surface area contributed by atoms with Gasteiger partial charge in [-0.25, -0.2) is 0 Å². The lowest BCUT2D eigenvalue weighted by Gasteiger charge is -2.37. The van der Waals surface area contributed by atoms with Crippen LogP contribution in [-0.4, -0.2) is 36.0 Å². The fourth-order valence-corrected chi connectivity index (χ4v) is 4.33. The van der Waals surface area contributed by atoms with Gasteiger partial charge in [-0.15, -0.1) is 0 Å². The summed E-state index contributed by atoms with van der Waals surface area (Å²) in [7, 11) is 0. The summed E-state index contributed by atoms with van der Waals surface area (Å²) in [6.45, 7) is 7.73. The van der Waals surface area contributed by atoms with Crippen LogP contribution in [0.15, 0.2) is 42.5 Å². The molecule has 0 bridgehead atoms. The third-order valence-corrected chi connectivity index (χ3v) is 6.08. The Balaban J connectivity index is 1.52. The minimum Gasteiger partial charge on any atom is -0.490 e. The highest BCUT2D eigenvalue weighted by molar-refractivity contribution is 5.88. The van der Waals surface area contributed by atoms with Crippen LogP contribution in [0.25, 0.3) is 0 Å². The van der Waals surface area contributed by atoms with E-state index in [1.807, 2.05) is 63.2 Å². The molecule has 2 aromatic rings. The van der Waals surface area contributed by atoms with Crippen LogP contribution in [0.5, 0.6) is 11.5 Å². The molecule has 0 aromatic heterocycles. The number of carbonyl (C=O) groups excluding carboxylic acids is 2. The van der Waals surface area contributed by atoms with Crippen LogP contribution in [0.4, 0.5) is 0 Å². The Kier molecular flexibility index (Phi) is 6.68. The average molecular weight is 437 g/mol. The predicted molar refractivity (Wildman–Crippen MR) is 123 cm³/mol. The van der Waals surface area contributed by atoms with E-state index < -0.39 is 6.04 Å². The molecule has 0 fully saturated rings. The monoisotopic (exact) mass is 436 g/mol. The van der Waals surface area contributed by atoms with Crippen molar-refractivity contribution in [1.29, 1.82) is 0 Å². The lowest BCUT2D eigenvalue weighted by atomic mass is 9.92. The van der Waals surface area contributed by atoms with Crippen molar-refractivity contribution >= 4 is 11.8 Å². The molecule has 0 saturated carbocycles. The molecule has 2 unspecified atom stereocenters. The molecule has 2 aliphatic rings. The first-order valence-electron chi connectivity index (χ1n) is 11.5. The summed E-state index contributed by atoms with van der Waals surface area (Å²) < 4.78 is 11.5. The molecule has 0 aliphatic carbocycles. The lowest BCUT2D eigenvalue weighted by Crippen LogP contribution is -2.53. The number of ether oxygens (including phenoxy) is 2. The Morgan fingerprint density at radius 1 is 1.03 bits per heavy atom. The molecule has 2 atom stereocenters. The summed E-state index contributed by atoms with van der Waals surface area (Å²) in [6.07, 6.45) is 1.81. The highest BCUT2D eigenvalue weighted by Crippen LogP contribution is 2.32. The summed E-state index contributed by atoms with van der Waals surface area (Å²) in [5.41, 5.74) is 3.19. The summed E-state index contributed by atoms with van der Waals surface area (Å²) in [4.78, 5) is 28.1. The maximum absolute atomic E-state index is 13.4. The maximum atomic E-state index is 13.4. The van der Waals surface area contributed by atoms with Gasteiger partial charge in [0.05, 0.1) is 19.3 Å². The zero-order valence-electron chi connectivity index (χ0n) is 19.1. The highest BCUT2D eigenvalue weighted by Gasteiger charge is 2.35. The van der Waals surface area contributed by atoms with Crippen LogP contribution in [0.3, 0.4) is 0 Å². The maximum Gasteiger partial charge on any atom is 0.243 e.